The fourth-order valence-electron chi connectivity index (χ4n) is 3.51. The van der Waals surface area contributed by atoms with E-state index in [1.54, 1.807) is 46.2 Å². The molecule has 2 aromatic rings. The van der Waals surface area contributed by atoms with E-state index in [1.165, 1.54) is 12.1 Å². The molecule has 1 saturated heterocycles. The fraction of sp³-hybridized carbons (Fsp3) is 0.364. The number of nitrogens with zero attached hydrogens (tertiary/aromatic N) is 2. The largest absolute Gasteiger partial charge is 0.340 e. The molecule has 0 radical (unpaired) electrons. The Morgan fingerprint density at radius 2 is 1.54 bits per heavy atom. The molecule has 0 aliphatic carbocycles. The molecule has 28 heavy (non-hydrogen) atoms. The lowest BCUT2D eigenvalue weighted by Crippen LogP contribution is -2.45. The molecular weight excluding hydrogens is 379 g/mol. The molecule has 2 aromatic carbocycles. The zero-order valence-corrected chi connectivity index (χ0v) is 16.9. The Hall–Kier alpha value is -2.40. The van der Waals surface area contributed by atoms with Gasteiger partial charge in [-0.1, -0.05) is 35.9 Å². The molecule has 4 nitrogen and oxygen atoms in total. The Labute approximate surface area is 169 Å². The van der Waals surface area contributed by atoms with E-state index in [9.17, 15) is 14.0 Å². The number of carbonyl (C=O) groups excluding carboxylic acids is 2. The van der Waals surface area contributed by atoms with Crippen LogP contribution >= 0.6 is 11.6 Å². The predicted octanol–water partition coefficient (Wildman–Crippen LogP) is 4.13. The molecule has 2 amide bonds. The molecule has 0 aromatic heterocycles. The van der Waals surface area contributed by atoms with Crippen LogP contribution in [0.2, 0.25) is 5.02 Å². The first-order valence-corrected chi connectivity index (χ1v) is 9.78. The third kappa shape index (κ3) is 4.20. The normalized spacial score (nSPS) is 15.3. The molecule has 3 rings (SSSR count). The smallest absolute Gasteiger partial charge is 0.255 e. The zero-order valence-electron chi connectivity index (χ0n) is 16.1. The first-order chi connectivity index (χ1) is 13.3. The van der Waals surface area contributed by atoms with Crippen molar-refractivity contribution in [1.82, 2.24) is 9.80 Å². The van der Waals surface area contributed by atoms with Crippen LogP contribution in [0.3, 0.4) is 0 Å². The van der Waals surface area contributed by atoms with E-state index in [-0.39, 0.29) is 17.6 Å². The van der Waals surface area contributed by atoms with Crippen molar-refractivity contribution in [3.63, 3.8) is 0 Å². The minimum atomic E-state index is -0.768. The third-order valence-electron chi connectivity index (χ3n) is 5.28. The number of carbonyl (C=O) groups is 2. The number of amides is 2. The van der Waals surface area contributed by atoms with Gasteiger partial charge < -0.3 is 9.80 Å². The van der Waals surface area contributed by atoms with Crippen LogP contribution in [-0.2, 0) is 10.2 Å². The van der Waals surface area contributed by atoms with Gasteiger partial charge in [-0.3, -0.25) is 9.59 Å². The van der Waals surface area contributed by atoms with Crippen LogP contribution in [0.4, 0.5) is 4.39 Å². The van der Waals surface area contributed by atoms with Gasteiger partial charge in [0.05, 0.1) is 16.0 Å². The van der Waals surface area contributed by atoms with Gasteiger partial charge in [-0.05, 0) is 50.1 Å². The van der Waals surface area contributed by atoms with E-state index in [0.29, 0.717) is 43.2 Å². The van der Waals surface area contributed by atoms with Gasteiger partial charge in [0.1, 0.15) is 5.82 Å². The topological polar surface area (TPSA) is 40.6 Å². The standard InChI is InChI=1S/C22H24ClFN2O2/c1-22(2,16-8-10-17(24)11-9-16)21(28)26-13-5-12-25(14-15-26)20(27)18-6-3-4-7-19(18)23/h3-4,6-11H,5,12-15H2,1-2H3. The van der Waals surface area contributed by atoms with Crippen molar-refractivity contribution in [2.75, 3.05) is 26.2 Å². The maximum absolute atomic E-state index is 13.2. The van der Waals surface area contributed by atoms with E-state index in [1.807, 2.05) is 13.8 Å². The van der Waals surface area contributed by atoms with Crippen LogP contribution in [0.5, 0.6) is 0 Å². The molecule has 1 fully saturated rings. The van der Waals surface area contributed by atoms with Crippen molar-refractivity contribution in [2.24, 2.45) is 0 Å². The molecule has 0 atom stereocenters. The van der Waals surface area contributed by atoms with Crippen LogP contribution in [0, 0.1) is 5.82 Å². The summed E-state index contributed by atoms with van der Waals surface area (Å²) in [5.74, 6) is -0.459. The predicted molar refractivity (Wildman–Crippen MR) is 108 cm³/mol. The van der Waals surface area contributed by atoms with Gasteiger partial charge >= 0.3 is 0 Å². The van der Waals surface area contributed by atoms with Gasteiger partial charge in [0, 0.05) is 26.2 Å². The maximum atomic E-state index is 13.2. The van der Waals surface area contributed by atoms with Crippen LogP contribution in [0.25, 0.3) is 0 Å². The molecule has 1 heterocycles. The van der Waals surface area contributed by atoms with Gasteiger partial charge in [-0.25, -0.2) is 4.39 Å². The molecule has 6 heteroatoms. The SMILES string of the molecule is CC(C)(C(=O)N1CCCN(C(=O)c2ccccc2Cl)CC1)c1ccc(F)cc1. The average Bonchev–Trinajstić information content (AvgIpc) is 2.94. The van der Waals surface area contributed by atoms with Crippen LogP contribution in [-0.4, -0.2) is 47.8 Å². The molecule has 1 aliphatic heterocycles. The van der Waals surface area contributed by atoms with Crippen LogP contribution < -0.4 is 0 Å². The number of benzene rings is 2. The fourth-order valence-corrected chi connectivity index (χ4v) is 3.73. The third-order valence-corrected chi connectivity index (χ3v) is 5.60. The van der Waals surface area contributed by atoms with E-state index in [4.69, 9.17) is 11.6 Å². The molecule has 1 aliphatic rings. The Morgan fingerprint density at radius 1 is 0.929 bits per heavy atom. The summed E-state index contributed by atoms with van der Waals surface area (Å²) in [6, 6.07) is 13.0. The molecule has 148 valence electrons. The molecule has 0 bridgehead atoms. The molecule has 0 saturated carbocycles. The number of rotatable bonds is 3. The second-order valence-electron chi connectivity index (χ2n) is 7.55. The quantitative estimate of drug-likeness (QED) is 0.774. The molecule has 0 unspecified atom stereocenters. The van der Waals surface area contributed by atoms with Crippen LogP contribution in [0.1, 0.15) is 36.2 Å². The van der Waals surface area contributed by atoms with Crippen molar-refractivity contribution >= 4 is 23.4 Å². The van der Waals surface area contributed by atoms with Gasteiger partial charge in [-0.2, -0.15) is 0 Å². The first kappa shape index (κ1) is 20.3. The van der Waals surface area contributed by atoms with Gasteiger partial charge in [-0.15, -0.1) is 0 Å². The number of halogens is 2. The summed E-state index contributed by atoms with van der Waals surface area (Å²) in [5.41, 5.74) is 0.484. The number of hydrogen-bond donors (Lipinski definition) is 0. The first-order valence-electron chi connectivity index (χ1n) is 9.40. The summed E-state index contributed by atoms with van der Waals surface area (Å²) in [6.45, 7) is 5.76. The van der Waals surface area contributed by atoms with Gasteiger partial charge in [0.2, 0.25) is 5.91 Å². The van der Waals surface area contributed by atoms with E-state index in [0.717, 1.165) is 5.56 Å². The highest BCUT2D eigenvalue weighted by molar-refractivity contribution is 6.33. The van der Waals surface area contributed by atoms with Crippen LogP contribution in [0.15, 0.2) is 48.5 Å². The summed E-state index contributed by atoms with van der Waals surface area (Å²) in [7, 11) is 0. The van der Waals surface area contributed by atoms with Crippen molar-refractivity contribution in [1.29, 1.82) is 0 Å². The average molecular weight is 403 g/mol. The zero-order chi connectivity index (χ0) is 20.3. The van der Waals surface area contributed by atoms with E-state index in [2.05, 4.69) is 0 Å². The van der Waals surface area contributed by atoms with Crippen molar-refractivity contribution in [3.8, 4) is 0 Å². The maximum Gasteiger partial charge on any atom is 0.255 e. The second kappa shape index (κ2) is 8.31. The molecule has 0 spiro atoms. The Bertz CT molecular complexity index is 867. The minimum absolute atomic E-state index is 0.0221. The Morgan fingerprint density at radius 3 is 2.21 bits per heavy atom. The summed E-state index contributed by atoms with van der Waals surface area (Å²) in [4.78, 5) is 29.5. The van der Waals surface area contributed by atoms with Crippen molar-refractivity contribution in [2.45, 2.75) is 25.7 Å². The molecule has 0 N–H and O–H groups in total. The minimum Gasteiger partial charge on any atom is -0.340 e. The van der Waals surface area contributed by atoms with Gasteiger partial charge in [0.15, 0.2) is 0 Å². The summed E-state index contributed by atoms with van der Waals surface area (Å²) in [5, 5.41) is 0.433. The highest BCUT2D eigenvalue weighted by atomic mass is 35.5. The summed E-state index contributed by atoms with van der Waals surface area (Å²) >= 11 is 6.16. The summed E-state index contributed by atoms with van der Waals surface area (Å²) < 4.78 is 13.2. The second-order valence-corrected chi connectivity index (χ2v) is 7.96. The Balaban J connectivity index is 1.71. The number of hydrogen-bond acceptors (Lipinski definition) is 2. The Kier molecular flexibility index (Phi) is 6.04. The lowest BCUT2D eigenvalue weighted by molar-refractivity contribution is -0.136. The highest BCUT2D eigenvalue weighted by Crippen LogP contribution is 2.27. The molecular formula is C22H24ClFN2O2. The van der Waals surface area contributed by atoms with E-state index >= 15 is 0 Å². The van der Waals surface area contributed by atoms with Gasteiger partial charge in [0.25, 0.3) is 5.91 Å². The highest BCUT2D eigenvalue weighted by Gasteiger charge is 2.35. The van der Waals surface area contributed by atoms with E-state index < -0.39 is 5.41 Å². The van der Waals surface area contributed by atoms with Crippen molar-refractivity contribution in [3.05, 3.63) is 70.5 Å². The summed E-state index contributed by atoms with van der Waals surface area (Å²) in [6.07, 6.45) is 0.696. The van der Waals surface area contributed by atoms with Crippen molar-refractivity contribution < 1.29 is 14.0 Å². The lowest BCUT2D eigenvalue weighted by Gasteiger charge is -2.31. The monoisotopic (exact) mass is 402 g/mol. The lowest BCUT2D eigenvalue weighted by atomic mass is 9.83.